The maximum atomic E-state index is 12.5. The molecule has 9 heteroatoms. The van der Waals surface area contributed by atoms with Crippen LogP contribution in [0.25, 0.3) is 0 Å². The normalized spacial score (nSPS) is 11.2. The molecule has 0 saturated carbocycles. The van der Waals surface area contributed by atoms with Crippen molar-refractivity contribution in [1.82, 2.24) is 0 Å². The number of aromatic carboxylic acids is 1. The van der Waals surface area contributed by atoms with E-state index in [0.29, 0.717) is 6.07 Å². The smallest absolute Gasteiger partial charge is 0.478 e. The van der Waals surface area contributed by atoms with Gasteiger partial charge < -0.3 is 9.84 Å². The molecule has 4 nitrogen and oxygen atoms in total. The third kappa shape index (κ3) is 3.54. The molecule has 1 aromatic rings. The molecule has 0 spiro atoms. The van der Waals surface area contributed by atoms with E-state index in [0.717, 1.165) is 0 Å². The molecule has 0 heterocycles. The fourth-order valence-electron chi connectivity index (χ4n) is 1.26. The highest BCUT2D eigenvalue weighted by Crippen LogP contribution is 2.32. The highest BCUT2D eigenvalue weighted by atomic mass is 19.4. The second-order valence-corrected chi connectivity index (χ2v) is 3.20. The summed E-state index contributed by atoms with van der Waals surface area (Å²) in [6.07, 6.45) is -8.42. The first kappa shape index (κ1) is 14.7. The number of nitriles is 1. The molecule has 0 saturated heterocycles. The van der Waals surface area contributed by atoms with Gasteiger partial charge in [-0.1, -0.05) is 0 Å². The lowest BCUT2D eigenvalue weighted by atomic mass is 10.0. The van der Waals surface area contributed by atoms with E-state index in [2.05, 4.69) is 4.74 Å². The van der Waals surface area contributed by atoms with E-state index in [1.165, 1.54) is 6.07 Å². The van der Waals surface area contributed by atoms with E-state index in [4.69, 9.17) is 10.4 Å². The summed E-state index contributed by atoms with van der Waals surface area (Å²) in [7, 11) is 0. The zero-order valence-electron chi connectivity index (χ0n) is 8.83. The summed E-state index contributed by atoms with van der Waals surface area (Å²) in [5.41, 5.74) is -2.95. The quantitative estimate of drug-likeness (QED) is 0.864. The van der Waals surface area contributed by atoms with Gasteiger partial charge >= 0.3 is 12.3 Å². The fraction of sp³-hybridized carbons (Fsp3) is 0.200. The summed E-state index contributed by atoms with van der Waals surface area (Å²) < 4.78 is 64.6. The predicted octanol–water partition coefficient (Wildman–Crippen LogP) is 3.09. The van der Waals surface area contributed by atoms with Crippen LogP contribution in [0.5, 0.6) is 5.75 Å². The molecule has 0 aliphatic rings. The zero-order chi connectivity index (χ0) is 14.8. The minimum Gasteiger partial charge on any atom is -0.478 e. The molecule has 0 aliphatic heterocycles. The van der Waals surface area contributed by atoms with Gasteiger partial charge in [0.2, 0.25) is 0 Å². The molecule has 0 aliphatic carbocycles. The standard InChI is InChI=1S/C10H4F5NO3/c11-8(12)5-1-4(3-16)7(19-10(13,14)15)2-6(5)9(17)18/h1-2,8H,(H,17,18). The van der Waals surface area contributed by atoms with Crippen LogP contribution in [0.2, 0.25) is 0 Å². The molecule has 0 fully saturated rings. The van der Waals surface area contributed by atoms with Crippen LogP contribution in [-0.2, 0) is 0 Å². The van der Waals surface area contributed by atoms with E-state index < -0.39 is 41.2 Å². The fourth-order valence-corrected chi connectivity index (χ4v) is 1.26. The van der Waals surface area contributed by atoms with E-state index in [-0.39, 0.29) is 6.07 Å². The molecule has 0 radical (unpaired) electrons. The number of carboxylic acids is 1. The van der Waals surface area contributed by atoms with Crippen LogP contribution in [0.3, 0.4) is 0 Å². The van der Waals surface area contributed by atoms with Crippen LogP contribution in [0.4, 0.5) is 22.0 Å². The minimum absolute atomic E-state index is 0.246. The Labute approximate surface area is 102 Å². The Morgan fingerprint density at radius 2 is 1.95 bits per heavy atom. The van der Waals surface area contributed by atoms with Crippen LogP contribution in [0.15, 0.2) is 12.1 Å². The summed E-state index contributed by atoms with van der Waals surface area (Å²) in [5, 5.41) is 17.2. The van der Waals surface area contributed by atoms with Gasteiger partial charge in [-0.2, -0.15) is 5.26 Å². The summed E-state index contributed by atoms with van der Waals surface area (Å²) in [6.45, 7) is 0. The molecule has 1 N–H and O–H groups in total. The van der Waals surface area contributed by atoms with Gasteiger partial charge in [-0.3, -0.25) is 0 Å². The molecule has 0 atom stereocenters. The van der Waals surface area contributed by atoms with Crippen molar-refractivity contribution in [3.63, 3.8) is 0 Å². The predicted molar refractivity (Wildman–Crippen MR) is 49.8 cm³/mol. The number of halogens is 5. The Morgan fingerprint density at radius 1 is 1.37 bits per heavy atom. The van der Waals surface area contributed by atoms with Crippen molar-refractivity contribution in [3.05, 3.63) is 28.8 Å². The van der Waals surface area contributed by atoms with Gasteiger partial charge in [0.05, 0.1) is 11.1 Å². The van der Waals surface area contributed by atoms with Crippen molar-refractivity contribution >= 4 is 5.97 Å². The number of carbonyl (C=O) groups is 1. The highest BCUT2D eigenvalue weighted by Gasteiger charge is 2.33. The van der Waals surface area contributed by atoms with Crippen molar-refractivity contribution in [1.29, 1.82) is 5.26 Å². The molecule has 19 heavy (non-hydrogen) atoms. The lowest BCUT2D eigenvalue weighted by Gasteiger charge is -2.13. The Kier molecular flexibility index (Phi) is 3.94. The average molecular weight is 281 g/mol. The number of benzene rings is 1. The molecule has 102 valence electrons. The largest absolute Gasteiger partial charge is 0.573 e. The number of hydrogen-bond donors (Lipinski definition) is 1. The van der Waals surface area contributed by atoms with Crippen LogP contribution in [-0.4, -0.2) is 17.4 Å². The first-order valence-corrected chi connectivity index (χ1v) is 4.51. The molecule has 0 unspecified atom stereocenters. The van der Waals surface area contributed by atoms with Crippen molar-refractivity contribution < 1.29 is 36.6 Å². The van der Waals surface area contributed by atoms with Crippen molar-refractivity contribution in [2.75, 3.05) is 0 Å². The average Bonchev–Trinajstić information content (AvgIpc) is 2.25. The second kappa shape index (κ2) is 5.09. The van der Waals surface area contributed by atoms with E-state index in [9.17, 15) is 26.7 Å². The van der Waals surface area contributed by atoms with Gasteiger partial charge in [-0.25, -0.2) is 13.6 Å². The second-order valence-electron chi connectivity index (χ2n) is 3.20. The van der Waals surface area contributed by atoms with Gasteiger partial charge in [0.15, 0.2) is 0 Å². The van der Waals surface area contributed by atoms with Crippen LogP contribution >= 0.6 is 0 Å². The van der Waals surface area contributed by atoms with Gasteiger partial charge in [0.1, 0.15) is 11.8 Å². The number of ether oxygens (including phenoxy) is 1. The summed E-state index contributed by atoms with van der Waals surface area (Å²) in [4.78, 5) is 10.7. The van der Waals surface area contributed by atoms with E-state index >= 15 is 0 Å². The lowest BCUT2D eigenvalue weighted by molar-refractivity contribution is -0.274. The minimum atomic E-state index is -5.17. The lowest BCUT2D eigenvalue weighted by Crippen LogP contribution is -2.18. The first-order valence-electron chi connectivity index (χ1n) is 4.51. The van der Waals surface area contributed by atoms with Crippen LogP contribution in [0, 0.1) is 11.3 Å². The monoisotopic (exact) mass is 281 g/mol. The number of rotatable bonds is 3. The van der Waals surface area contributed by atoms with Crippen molar-refractivity contribution in [2.24, 2.45) is 0 Å². The van der Waals surface area contributed by atoms with Crippen LogP contribution < -0.4 is 4.74 Å². The van der Waals surface area contributed by atoms with Crippen LogP contribution in [0.1, 0.15) is 27.9 Å². The van der Waals surface area contributed by atoms with Gasteiger partial charge in [-0.05, 0) is 12.1 Å². The number of carboxylic acid groups (broad SMARTS) is 1. The highest BCUT2D eigenvalue weighted by molar-refractivity contribution is 5.90. The molecule has 0 aromatic heterocycles. The SMILES string of the molecule is N#Cc1cc(C(F)F)c(C(=O)O)cc1OC(F)(F)F. The molecule has 1 rings (SSSR count). The number of alkyl halides is 5. The third-order valence-electron chi connectivity index (χ3n) is 1.96. The van der Waals surface area contributed by atoms with E-state index in [1.54, 1.807) is 0 Å². The summed E-state index contributed by atoms with van der Waals surface area (Å²) in [6, 6.07) is 1.83. The Morgan fingerprint density at radius 3 is 2.32 bits per heavy atom. The van der Waals surface area contributed by atoms with E-state index in [1.807, 2.05) is 0 Å². The molecule has 1 aromatic carbocycles. The first-order chi connectivity index (χ1) is 8.65. The zero-order valence-corrected chi connectivity index (χ0v) is 8.83. The topological polar surface area (TPSA) is 70.3 Å². The Balaban J connectivity index is 3.45. The summed E-state index contributed by atoms with van der Waals surface area (Å²) in [5.74, 6) is -3.00. The number of nitrogens with zero attached hydrogens (tertiary/aromatic N) is 1. The van der Waals surface area contributed by atoms with Gasteiger partial charge in [0.25, 0.3) is 6.43 Å². The third-order valence-corrected chi connectivity index (χ3v) is 1.96. The van der Waals surface area contributed by atoms with Crippen molar-refractivity contribution in [2.45, 2.75) is 12.8 Å². The molecule has 0 bridgehead atoms. The number of hydrogen-bond acceptors (Lipinski definition) is 3. The Bertz CT molecular complexity index is 547. The Hall–Kier alpha value is -2.37. The summed E-state index contributed by atoms with van der Waals surface area (Å²) >= 11 is 0. The maximum Gasteiger partial charge on any atom is 0.573 e. The molecular formula is C10H4F5NO3. The van der Waals surface area contributed by atoms with Crippen molar-refractivity contribution in [3.8, 4) is 11.8 Å². The maximum absolute atomic E-state index is 12.5. The molecule has 0 amide bonds. The van der Waals surface area contributed by atoms with Gasteiger partial charge in [-0.15, -0.1) is 13.2 Å². The molecular weight excluding hydrogens is 277 g/mol. The van der Waals surface area contributed by atoms with Gasteiger partial charge in [0, 0.05) is 5.56 Å².